The minimum Gasteiger partial charge on any atom is -0.454 e. The topological polar surface area (TPSA) is 148 Å². The molecule has 3 aromatic carbocycles. The van der Waals surface area contributed by atoms with E-state index in [1.165, 1.54) is 48.5 Å². The molecule has 0 aliphatic carbocycles. The number of amides is 4. The zero-order valence-corrected chi connectivity index (χ0v) is 22.9. The van der Waals surface area contributed by atoms with Crippen LogP contribution < -0.4 is 10.6 Å². The molecule has 0 saturated carbocycles. The number of ether oxygens (including phenoxy) is 2. The van der Waals surface area contributed by atoms with Crippen molar-refractivity contribution in [3.05, 3.63) is 95.1 Å². The number of imide groups is 1. The van der Waals surface area contributed by atoms with E-state index >= 15 is 0 Å². The van der Waals surface area contributed by atoms with Crippen LogP contribution in [0.15, 0.2) is 66.7 Å². The van der Waals surface area contributed by atoms with Gasteiger partial charge in [0.1, 0.15) is 17.7 Å². The predicted octanol–water partition coefficient (Wildman–Crippen LogP) is 3.56. The van der Waals surface area contributed by atoms with Gasteiger partial charge < -0.3 is 20.1 Å². The molecule has 0 radical (unpaired) electrons. The van der Waals surface area contributed by atoms with Crippen LogP contribution in [0.3, 0.4) is 0 Å². The zero-order valence-electron chi connectivity index (χ0n) is 22.9. The second kappa shape index (κ2) is 13.0. The Balaban J connectivity index is 1.40. The van der Waals surface area contributed by atoms with Gasteiger partial charge >= 0.3 is 11.9 Å². The van der Waals surface area contributed by atoms with Crippen LogP contribution in [0.5, 0.6) is 0 Å². The lowest BCUT2D eigenvalue weighted by Gasteiger charge is -2.27. The predicted molar refractivity (Wildman–Crippen MR) is 147 cm³/mol. The van der Waals surface area contributed by atoms with Crippen molar-refractivity contribution in [1.29, 1.82) is 0 Å². The molecule has 0 bridgehead atoms. The van der Waals surface area contributed by atoms with Crippen LogP contribution >= 0.6 is 0 Å². The van der Waals surface area contributed by atoms with Gasteiger partial charge in [-0.3, -0.25) is 24.1 Å². The molecule has 1 heterocycles. The molecule has 11 nitrogen and oxygen atoms in total. The van der Waals surface area contributed by atoms with Crippen LogP contribution in [-0.4, -0.2) is 59.7 Å². The molecular weight excluding hydrogens is 568 g/mol. The summed E-state index contributed by atoms with van der Waals surface area (Å²) in [4.78, 5) is 76.9. The summed E-state index contributed by atoms with van der Waals surface area (Å²) in [5.41, 5.74) is -0.659. The van der Waals surface area contributed by atoms with Gasteiger partial charge in [0.15, 0.2) is 13.2 Å². The van der Waals surface area contributed by atoms with Gasteiger partial charge in [-0.1, -0.05) is 38.1 Å². The molecular formula is C30H25F2N3O8. The van der Waals surface area contributed by atoms with Gasteiger partial charge in [-0.25, -0.2) is 18.4 Å². The van der Waals surface area contributed by atoms with Crippen molar-refractivity contribution in [3.8, 4) is 0 Å². The molecule has 1 aliphatic rings. The first kappa shape index (κ1) is 30.5. The third-order valence-electron chi connectivity index (χ3n) is 6.28. The Morgan fingerprint density at radius 2 is 1.26 bits per heavy atom. The fourth-order valence-corrected chi connectivity index (χ4v) is 4.25. The number of para-hydroxylation sites is 2. The van der Waals surface area contributed by atoms with Gasteiger partial charge in [-0.2, -0.15) is 0 Å². The SMILES string of the molecule is CC(C)C(C(=O)OCC(=O)Nc1ccccc1F)N1C(=O)c2ccc(C(=O)OCC(=O)Nc3ccccc3F)cc2C1=O. The number of benzene rings is 3. The fraction of sp³-hybridized carbons (Fsp3) is 0.200. The molecule has 0 fully saturated rings. The van der Waals surface area contributed by atoms with Crippen molar-refractivity contribution in [2.24, 2.45) is 5.92 Å². The van der Waals surface area contributed by atoms with Crippen molar-refractivity contribution >= 4 is 46.9 Å². The third-order valence-corrected chi connectivity index (χ3v) is 6.28. The number of nitrogens with one attached hydrogen (secondary N) is 2. The maximum absolute atomic E-state index is 13.8. The molecule has 1 aliphatic heterocycles. The number of hydrogen-bond acceptors (Lipinski definition) is 8. The van der Waals surface area contributed by atoms with Crippen molar-refractivity contribution < 1.29 is 47.0 Å². The third kappa shape index (κ3) is 6.89. The molecule has 3 aromatic rings. The fourth-order valence-electron chi connectivity index (χ4n) is 4.25. The van der Waals surface area contributed by atoms with Crippen molar-refractivity contribution in [3.63, 3.8) is 0 Å². The molecule has 13 heteroatoms. The summed E-state index contributed by atoms with van der Waals surface area (Å²) in [6.45, 7) is 1.56. The van der Waals surface area contributed by atoms with Gasteiger partial charge in [0.25, 0.3) is 23.6 Å². The summed E-state index contributed by atoms with van der Waals surface area (Å²) in [6.07, 6.45) is 0. The van der Waals surface area contributed by atoms with Gasteiger partial charge in [0.05, 0.1) is 28.1 Å². The maximum atomic E-state index is 13.8. The van der Waals surface area contributed by atoms with Crippen LogP contribution in [0.25, 0.3) is 0 Å². The minimum atomic E-state index is -1.42. The van der Waals surface area contributed by atoms with Crippen LogP contribution in [0.1, 0.15) is 44.9 Å². The average Bonchev–Trinajstić information content (AvgIpc) is 3.22. The Morgan fingerprint density at radius 1 is 0.744 bits per heavy atom. The van der Waals surface area contributed by atoms with Gasteiger partial charge in [-0.05, 0) is 48.4 Å². The molecule has 1 unspecified atom stereocenters. The first-order valence-electron chi connectivity index (χ1n) is 12.9. The number of carbonyl (C=O) groups excluding carboxylic acids is 6. The van der Waals surface area contributed by atoms with E-state index in [1.54, 1.807) is 13.8 Å². The highest BCUT2D eigenvalue weighted by Crippen LogP contribution is 2.29. The Labute approximate surface area is 243 Å². The van der Waals surface area contributed by atoms with E-state index in [-0.39, 0.29) is 28.1 Å². The highest BCUT2D eigenvalue weighted by Gasteiger charge is 2.45. The second-order valence-corrected chi connectivity index (χ2v) is 9.67. The first-order chi connectivity index (χ1) is 20.5. The molecule has 4 amide bonds. The van der Waals surface area contributed by atoms with E-state index in [0.717, 1.165) is 18.2 Å². The number of rotatable bonds is 10. The Kier molecular flexibility index (Phi) is 9.23. The number of nitrogens with zero attached hydrogens (tertiary/aromatic N) is 1. The van der Waals surface area contributed by atoms with Gasteiger partial charge in [0, 0.05) is 0 Å². The van der Waals surface area contributed by atoms with E-state index in [0.29, 0.717) is 4.90 Å². The Morgan fingerprint density at radius 3 is 1.79 bits per heavy atom. The van der Waals surface area contributed by atoms with E-state index < -0.39 is 72.4 Å². The normalized spacial score (nSPS) is 12.9. The second-order valence-electron chi connectivity index (χ2n) is 9.67. The lowest BCUT2D eigenvalue weighted by Crippen LogP contribution is -2.49. The van der Waals surface area contributed by atoms with Crippen LogP contribution in [-0.2, 0) is 23.9 Å². The summed E-state index contributed by atoms with van der Waals surface area (Å²) in [5.74, 6) is -7.41. The number of hydrogen-bond donors (Lipinski definition) is 2. The van der Waals surface area contributed by atoms with E-state index in [1.807, 2.05) is 0 Å². The van der Waals surface area contributed by atoms with Crippen molar-refractivity contribution in [2.45, 2.75) is 19.9 Å². The van der Waals surface area contributed by atoms with E-state index in [2.05, 4.69) is 10.6 Å². The zero-order chi connectivity index (χ0) is 31.3. The van der Waals surface area contributed by atoms with Crippen LogP contribution in [0.4, 0.5) is 20.2 Å². The largest absolute Gasteiger partial charge is 0.454 e. The smallest absolute Gasteiger partial charge is 0.338 e. The van der Waals surface area contributed by atoms with Crippen LogP contribution in [0.2, 0.25) is 0 Å². The molecule has 43 heavy (non-hydrogen) atoms. The summed E-state index contributed by atoms with van der Waals surface area (Å²) in [6, 6.07) is 12.9. The van der Waals surface area contributed by atoms with Crippen molar-refractivity contribution in [2.75, 3.05) is 23.8 Å². The molecule has 222 valence electrons. The van der Waals surface area contributed by atoms with Crippen LogP contribution in [0, 0.1) is 17.6 Å². The first-order valence-corrected chi connectivity index (χ1v) is 12.9. The average molecular weight is 594 g/mol. The van der Waals surface area contributed by atoms with E-state index in [4.69, 9.17) is 9.47 Å². The number of anilines is 2. The Hall–Kier alpha value is -5.46. The minimum absolute atomic E-state index is 0.0883. The monoisotopic (exact) mass is 593 g/mol. The lowest BCUT2D eigenvalue weighted by molar-refractivity contribution is -0.152. The summed E-state index contributed by atoms with van der Waals surface area (Å²) in [5, 5.41) is 4.52. The van der Waals surface area contributed by atoms with Gasteiger partial charge in [0.2, 0.25) is 0 Å². The summed E-state index contributed by atoms with van der Waals surface area (Å²) in [7, 11) is 0. The summed E-state index contributed by atoms with van der Waals surface area (Å²) >= 11 is 0. The van der Waals surface area contributed by atoms with E-state index in [9.17, 15) is 37.5 Å². The lowest BCUT2D eigenvalue weighted by atomic mass is 10.0. The number of fused-ring (bicyclic) bond motifs is 1. The highest BCUT2D eigenvalue weighted by atomic mass is 19.1. The number of halogens is 2. The quantitative estimate of drug-likeness (QED) is 0.268. The molecule has 0 aromatic heterocycles. The standard InChI is InChI=1S/C30H25F2N3O8/c1-16(2)26(30(41)43-15-25(37)34-23-10-6-4-8-21(23)32)35-27(38)18-12-11-17(13-19(18)28(35)39)29(40)42-14-24(36)33-22-9-5-3-7-20(22)31/h3-13,16,26H,14-15H2,1-2H3,(H,33,36)(H,34,37). The highest BCUT2D eigenvalue weighted by molar-refractivity contribution is 6.23. The maximum Gasteiger partial charge on any atom is 0.338 e. The molecule has 1 atom stereocenters. The molecule has 4 rings (SSSR count). The summed E-state index contributed by atoms with van der Waals surface area (Å²) < 4.78 is 37.5. The van der Waals surface area contributed by atoms with Crippen molar-refractivity contribution in [1.82, 2.24) is 4.90 Å². The van der Waals surface area contributed by atoms with Gasteiger partial charge in [-0.15, -0.1) is 0 Å². The Bertz CT molecular complexity index is 1620. The number of esters is 2. The molecule has 0 saturated heterocycles. The molecule has 2 N–H and O–H groups in total. The molecule has 0 spiro atoms. The number of carbonyl (C=O) groups is 6.